The fraction of sp³-hybridized carbons (Fsp3) is 0.417. The number of rotatable bonds is 3. The van der Waals surface area contributed by atoms with Crippen molar-refractivity contribution < 1.29 is 32.8 Å². The van der Waals surface area contributed by atoms with Crippen molar-refractivity contribution in [2.24, 2.45) is 0 Å². The van der Waals surface area contributed by atoms with Gasteiger partial charge in [0.15, 0.2) is 5.54 Å². The van der Waals surface area contributed by atoms with Crippen molar-refractivity contribution >= 4 is 5.97 Å². The van der Waals surface area contributed by atoms with Crippen molar-refractivity contribution in [1.29, 1.82) is 0 Å². The molecule has 0 amide bonds. The summed E-state index contributed by atoms with van der Waals surface area (Å²) < 4.78 is 4.69. The third-order valence-electron chi connectivity index (χ3n) is 2.53. The minimum atomic E-state index is -0.793. The van der Waals surface area contributed by atoms with Crippen LogP contribution >= 0.6 is 0 Å². The molecular weight excluding hydrogens is 242 g/mol. The number of hydrogen-bond acceptors (Lipinski definition) is 3. The van der Waals surface area contributed by atoms with Gasteiger partial charge in [-0.2, -0.15) is 0 Å². The minimum Gasteiger partial charge on any atom is -1.00 e. The van der Waals surface area contributed by atoms with Gasteiger partial charge in [-0.1, -0.05) is 12.1 Å². The lowest BCUT2D eigenvalue weighted by Crippen LogP contribution is -3.00. The first kappa shape index (κ1) is 15.7. The van der Waals surface area contributed by atoms with E-state index in [9.17, 15) is 9.90 Å². The van der Waals surface area contributed by atoms with Crippen LogP contribution in [0.2, 0.25) is 0 Å². The number of quaternary nitrogens is 1. The number of phenols is 1. The number of methoxy groups -OCH3 is 1. The molecule has 0 aliphatic carbocycles. The molecule has 0 saturated carbocycles. The Labute approximate surface area is 107 Å². The first-order chi connectivity index (χ1) is 7.36. The number of carbonyl (C=O) groups excluding carboxylic acids is 1. The van der Waals surface area contributed by atoms with E-state index in [1.165, 1.54) is 7.11 Å². The van der Waals surface area contributed by atoms with Gasteiger partial charge in [0.2, 0.25) is 0 Å². The molecule has 0 heterocycles. The topological polar surface area (TPSA) is 74.2 Å². The fourth-order valence-electron chi connectivity index (χ4n) is 1.60. The van der Waals surface area contributed by atoms with Crippen molar-refractivity contribution in [2.45, 2.75) is 25.8 Å². The molecule has 0 radical (unpaired) electrons. The van der Waals surface area contributed by atoms with Gasteiger partial charge in [-0.05, 0) is 24.1 Å². The molecule has 1 atom stereocenters. The van der Waals surface area contributed by atoms with E-state index in [4.69, 9.17) is 4.74 Å². The highest BCUT2D eigenvalue weighted by Gasteiger charge is 2.34. The number of halogens is 1. The van der Waals surface area contributed by atoms with E-state index in [0.29, 0.717) is 6.42 Å². The zero-order valence-corrected chi connectivity index (χ0v) is 11.0. The molecule has 1 aromatic rings. The number of benzene rings is 1. The van der Waals surface area contributed by atoms with Crippen LogP contribution in [0.25, 0.3) is 0 Å². The minimum absolute atomic E-state index is 0. The quantitative estimate of drug-likeness (QED) is 0.586. The number of esters is 1. The van der Waals surface area contributed by atoms with Gasteiger partial charge in [0.25, 0.3) is 0 Å². The van der Waals surface area contributed by atoms with Crippen molar-refractivity contribution in [3.8, 4) is 5.75 Å². The summed E-state index contributed by atoms with van der Waals surface area (Å²) in [5.41, 5.74) is 4.80. The summed E-state index contributed by atoms with van der Waals surface area (Å²) in [5, 5.41) is 9.39. The number of hydrogen-bond donors (Lipinski definition) is 2. The number of aromatic hydroxyl groups is 1. The largest absolute Gasteiger partial charge is 1.00 e. The zero-order valence-electron chi connectivity index (χ0n) is 10.3. The lowest BCUT2D eigenvalue weighted by Gasteiger charge is -2.18. The van der Waals surface area contributed by atoms with Gasteiger partial charge in [-0.15, -0.1) is 0 Å². The molecule has 5 heteroatoms. The molecule has 0 saturated heterocycles. The predicted molar refractivity (Wildman–Crippen MR) is 59.9 cm³/mol. The van der Waals surface area contributed by atoms with Gasteiger partial charge in [0.1, 0.15) is 5.75 Å². The van der Waals surface area contributed by atoms with E-state index in [1.54, 1.807) is 19.1 Å². The van der Waals surface area contributed by atoms with Crippen molar-refractivity contribution in [1.82, 2.24) is 0 Å². The van der Waals surface area contributed by atoms with E-state index in [0.717, 1.165) is 11.1 Å². The van der Waals surface area contributed by atoms with Gasteiger partial charge >= 0.3 is 5.97 Å². The summed E-state index contributed by atoms with van der Waals surface area (Å²) in [4.78, 5) is 11.5. The molecule has 0 aromatic heterocycles. The lowest BCUT2D eigenvalue weighted by atomic mass is 9.93. The van der Waals surface area contributed by atoms with Crippen LogP contribution in [0.15, 0.2) is 18.2 Å². The first-order valence-corrected chi connectivity index (χ1v) is 5.09. The Morgan fingerprint density at radius 1 is 1.53 bits per heavy atom. The van der Waals surface area contributed by atoms with Gasteiger partial charge in [-0.25, -0.2) is 4.79 Å². The molecule has 96 valence electrons. The van der Waals surface area contributed by atoms with Crippen LogP contribution < -0.4 is 18.1 Å². The van der Waals surface area contributed by atoms with E-state index in [2.05, 4.69) is 5.73 Å². The first-order valence-electron chi connectivity index (χ1n) is 5.09. The molecule has 0 aliphatic rings. The number of carbonyl (C=O) groups is 1. The van der Waals surface area contributed by atoms with Gasteiger partial charge in [0, 0.05) is 13.3 Å². The summed E-state index contributed by atoms with van der Waals surface area (Å²) in [5.74, 6) is -0.0780. The Hall–Kier alpha value is -1.26. The molecule has 0 fully saturated rings. The van der Waals surface area contributed by atoms with Crippen LogP contribution in [0.4, 0.5) is 0 Å². The average molecular weight is 260 g/mol. The highest BCUT2D eigenvalue weighted by molar-refractivity contribution is 5.78. The third kappa shape index (κ3) is 3.91. The average Bonchev–Trinajstić information content (AvgIpc) is 2.22. The maximum atomic E-state index is 11.5. The molecule has 1 aromatic carbocycles. The van der Waals surface area contributed by atoms with Crippen molar-refractivity contribution in [2.75, 3.05) is 7.11 Å². The lowest BCUT2D eigenvalue weighted by molar-refractivity contribution is -0.456. The van der Waals surface area contributed by atoms with Gasteiger partial charge in [0.05, 0.1) is 7.11 Å². The number of aryl methyl sites for hydroxylation is 1. The Bertz CT molecular complexity index is 405. The fourth-order valence-corrected chi connectivity index (χ4v) is 1.60. The summed E-state index contributed by atoms with van der Waals surface area (Å²) >= 11 is 0. The monoisotopic (exact) mass is 259 g/mol. The summed E-state index contributed by atoms with van der Waals surface area (Å²) in [6, 6.07) is 5.26. The molecule has 1 rings (SSSR count). The smallest absolute Gasteiger partial charge is 0.367 e. The highest BCUT2D eigenvalue weighted by atomic mass is 35.5. The Balaban J connectivity index is 0.00000256. The van der Waals surface area contributed by atoms with Gasteiger partial charge in [-0.3, -0.25) is 0 Å². The Kier molecular flexibility index (Phi) is 5.45. The molecule has 4 N–H and O–H groups in total. The normalized spacial score (nSPS) is 13.4. The van der Waals surface area contributed by atoms with Gasteiger partial charge < -0.3 is 28.0 Å². The molecule has 0 bridgehead atoms. The standard InChI is InChI=1S/C12H17NO3.ClH/c1-8-6-9(4-5-10(8)14)7-12(2,13)11(15)16-3;/h4-6,14H,7,13H2,1-3H3;1H. The van der Waals surface area contributed by atoms with Crippen LogP contribution in [0.5, 0.6) is 5.75 Å². The van der Waals surface area contributed by atoms with E-state index in [-0.39, 0.29) is 24.1 Å². The summed E-state index contributed by atoms with van der Waals surface area (Å²) in [6.45, 7) is 3.55. The second kappa shape index (κ2) is 5.89. The third-order valence-corrected chi connectivity index (χ3v) is 2.53. The SMILES string of the molecule is COC(=O)C(C)([NH3+])Cc1ccc(O)c(C)c1.[Cl-]. The molecule has 0 spiro atoms. The zero-order chi connectivity index (χ0) is 12.3. The molecule has 4 nitrogen and oxygen atoms in total. The molecule has 1 unspecified atom stereocenters. The Morgan fingerprint density at radius 3 is 2.59 bits per heavy atom. The van der Waals surface area contributed by atoms with Crippen LogP contribution in [-0.4, -0.2) is 23.7 Å². The predicted octanol–water partition coefficient (Wildman–Crippen LogP) is -2.58. The van der Waals surface area contributed by atoms with Crippen molar-refractivity contribution in [3.05, 3.63) is 29.3 Å². The number of phenolic OH excluding ortho intramolecular Hbond substituents is 1. The van der Waals surface area contributed by atoms with E-state index < -0.39 is 5.54 Å². The molecule has 0 aliphatic heterocycles. The number of ether oxygens (including phenoxy) is 1. The van der Waals surface area contributed by atoms with Crippen LogP contribution in [0.1, 0.15) is 18.1 Å². The van der Waals surface area contributed by atoms with Crippen LogP contribution in [-0.2, 0) is 16.0 Å². The second-order valence-electron chi connectivity index (χ2n) is 4.35. The van der Waals surface area contributed by atoms with Crippen molar-refractivity contribution in [3.63, 3.8) is 0 Å². The maximum Gasteiger partial charge on any atom is 0.367 e. The Morgan fingerprint density at radius 2 is 2.12 bits per heavy atom. The highest BCUT2D eigenvalue weighted by Crippen LogP contribution is 2.19. The van der Waals surface area contributed by atoms with Crippen LogP contribution in [0.3, 0.4) is 0 Å². The van der Waals surface area contributed by atoms with Crippen LogP contribution in [0, 0.1) is 6.92 Å². The second-order valence-corrected chi connectivity index (χ2v) is 4.35. The van der Waals surface area contributed by atoms with E-state index in [1.807, 2.05) is 13.0 Å². The summed E-state index contributed by atoms with van der Waals surface area (Å²) in [7, 11) is 1.35. The maximum absolute atomic E-state index is 11.5. The summed E-state index contributed by atoms with van der Waals surface area (Å²) in [6.07, 6.45) is 0.487. The van der Waals surface area contributed by atoms with E-state index >= 15 is 0 Å². The molecule has 17 heavy (non-hydrogen) atoms. The molecular formula is C12H18ClNO3.